The third kappa shape index (κ3) is 2.84. The van der Waals surface area contributed by atoms with E-state index in [1.165, 1.54) is 7.11 Å². The van der Waals surface area contributed by atoms with Crippen LogP contribution in [0.5, 0.6) is 0 Å². The number of allylic oxidation sites excluding steroid dienone is 2. The van der Waals surface area contributed by atoms with Crippen molar-refractivity contribution in [1.82, 2.24) is 5.32 Å². The molecule has 1 amide bonds. The molecule has 0 aromatic rings. The van der Waals surface area contributed by atoms with E-state index in [1.54, 1.807) is 0 Å². The maximum absolute atomic E-state index is 12.1. The lowest BCUT2D eigenvalue weighted by Gasteiger charge is -2.23. The zero-order valence-corrected chi connectivity index (χ0v) is 11.4. The Morgan fingerprint density at radius 3 is 2.50 bits per heavy atom. The minimum atomic E-state index is -0.906. The fraction of sp³-hybridized carbons (Fsp3) is 0.643. The molecule has 4 atom stereocenters. The van der Waals surface area contributed by atoms with Crippen molar-refractivity contribution in [3.63, 3.8) is 0 Å². The second-order valence-electron chi connectivity index (χ2n) is 5.31. The first-order valence-electron chi connectivity index (χ1n) is 6.80. The highest BCUT2D eigenvalue weighted by Crippen LogP contribution is 2.48. The number of rotatable bonds is 6. The molecular weight excluding hydrogens is 262 g/mol. The minimum Gasteiger partial charge on any atom is -0.481 e. The number of hydrogen-bond acceptors (Lipinski definition) is 4. The summed E-state index contributed by atoms with van der Waals surface area (Å²) in [6.45, 7) is 0.359. The van der Waals surface area contributed by atoms with Gasteiger partial charge in [0.1, 0.15) is 0 Å². The number of hydrogen-bond donors (Lipinski definition) is 2. The fourth-order valence-corrected chi connectivity index (χ4v) is 3.18. The summed E-state index contributed by atoms with van der Waals surface area (Å²) < 4.78 is 4.51. The Morgan fingerprint density at radius 1 is 1.25 bits per heavy atom. The second kappa shape index (κ2) is 6.07. The lowest BCUT2D eigenvalue weighted by atomic mass is 9.82. The van der Waals surface area contributed by atoms with Gasteiger partial charge in [0.05, 0.1) is 18.9 Å². The Balaban J connectivity index is 1.84. The third-order valence-electron chi connectivity index (χ3n) is 4.13. The van der Waals surface area contributed by atoms with Gasteiger partial charge >= 0.3 is 11.9 Å². The van der Waals surface area contributed by atoms with Crippen molar-refractivity contribution in [2.45, 2.75) is 19.3 Å². The van der Waals surface area contributed by atoms with E-state index in [9.17, 15) is 19.5 Å². The molecule has 0 aliphatic heterocycles. The molecule has 2 N–H and O–H groups in total. The summed E-state index contributed by atoms with van der Waals surface area (Å²) in [7, 11) is 1.32. The molecule has 0 heterocycles. The maximum atomic E-state index is 12.1. The zero-order chi connectivity index (χ0) is 14.7. The van der Waals surface area contributed by atoms with Gasteiger partial charge in [0.15, 0.2) is 0 Å². The van der Waals surface area contributed by atoms with Crippen LogP contribution in [0, 0.1) is 23.7 Å². The molecule has 6 nitrogen and oxygen atoms in total. The largest absolute Gasteiger partial charge is 0.481 e. The van der Waals surface area contributed by atoms with Gasteiger partial charge in [-0.3, -0.25) is 14.4 Å². The van der Waals surface area contributed by atoms with Crippen molar-refractivity contribution in [3.8, 4) is 0 Å². The fourth-order valence-electron chi connectivity index (χ4n) is 3.18. The first kappa shape index (κ1) is 14.6. The number of esters is 1. The lowest BCUT2D eigenvalue weighted by Crippen LogP contribution is -2.40. The number of ether oxygens (including phenoxy) is 1. The molecule has 2 rings (SSSR count). The standard InChI is InChI=1S/C14H19NO5/c1-20-10(16)3-2-6-15-13(17)11-8-4-5-9(7-8)12(11)14(18)19/h4-5,8-9,11-12H,2-3,6-7H2,1H3,(H,15,17)(H,18,19). The molecule has 2 bridgehead atoms. The average molecular weight is 281 g/mol. The van der Waals surface area contributed by atoms with Gasteiger partial charge < -0.3 is 15.2 Å². The van der Waals surface area contributed by atoms with Crippen LogP contribution in [-0.2, 0) is 19.1 Å². The number of aliphatic carboxylic acids is 1. The van der Waals surface area contributed by atoms with E-state index < -0.39 is 17.8 Å². The summed E-state index contributed by atoms with van der Waals surface area (Å²) in [6.07, 6.45) is 5.34. The summed E-state index contributed by atoms with van der Waals surface area (Å²) in [4.78, 5) is 34.4. The number of methoxy groups -OCH3 is 1. The van der Waals surface area contributed by atoms with E-state index in [2.05, 4.69) is 10.1 Å². The summed E-state index contributed by atoms with van der Waals surface area (Å²) >= 11 is 0. The maximum Gasteiger partial charge on any atom is 0.307 e. The number of amides is 1. The number of nitrogens with one attached hydrogen (secondary N) is 1. The molecule has 0 spiro atoms. The van der Waals surface area contributed by atoms with Crippen molar-refractivity contribution < 1.29 is 24.2 Å². The highest BCUT2D eigenvalue weighted by molar-refractivity contribution is 5.86. The van der Waals surface area contributed by atoms with Gasteiger partial charge in [-0.2, -0.15) is 0 Å². The van der Waals surface area contributed by atoms with Crippen LogP contribution < -0.4 is 5.32 Å². The Kier molecular flexibility index (Phi) is 4.42. The predicted octanol–water partition coefficient (Wildman–Crippen LogP) is 0.579. The quantitative estimate of drug-likeness (QED) is 0.422. The summed E-state index contributed by atoms with van der Waals surface area (Å²) in [6, 6.07) is 0. The van der Waals surface area contributed by atoms with E-state index in [0.29, 0.717) is 13.0 Å². The second-order valence-corrected chi connectivity index (χ2v) is 5.31. The smallest absolute Gasteiger partial charge is 0.307 e. The Morgan fingerprint density at radius 2 is 1.90 bits per heavy atom. The zero-order valence-electron chi connectivity index (χ0n) is 11.4. The predicted molar refractivity (Wildman–Crippen MR) is 69.6 cm³/mol. The van der Waals surface area contributed by atoms with Crippen molar-refractivity contribution in [1.29, 1.82) is 0 Å². The molecule has 0 aromatic carbocycles. The summed E-state index contributed by atoms with van der Waals surface area (Å²) in [5.74, 6) is -2.54. The van der Waals surface area contributed by atoms with Crippen LogP contribution in [-0.4, -0.2) is 36.6 Å². The molecule has 20 heavy (non-hydrogen) atoms. The van der Waals surface area contributed by atoms with Gasteiger partial charge in [-0.15, -0.1) is 0 Å². The molecule has 0 saturated heterocycles. The molecule has 0 aromatic heterocycles. The monoisotopic (exact) mass is 281 g/mol. The molecule has 1 saturated carbocycles. The van der Waals surface area contributed by atoms with E-state index in [4.69, 9.17) is 0 Å². The minimum absolute atomic E-state index is 0.0247. The van der Waals surface area contributed by atoms with Crippen LogP contribution in [0.4, 0.5) is 0 Å². The van der Waals surface area contributed by atoms with Gasteiger partial charge in [0, 0.05) is 13.0 Å². The SMILES string of the molecule is COC(=O)CCCNC(=O)C1C2C=CC(C2)C1C(=O)O. The third-order valence-corrected chi connectivity index (χ3v) is 4.13. The van der Waals surface area contributed by atoms with Gasteiger partial charge in [-0.05, 0) is 24.7 Å². The van der Waals surface area contributed by atoms with Crippen LogP contribution in [0.3, 0.4) is 0 Å². The van der Waals surface area contributed by atoms with Crippen molar-refractivity contribution in [3.05, 3.63) is 12.2 Å². The van der Waals surface area contributed by atoms with Gasteiger partial charge in [-0.25, -0.2) is 0 Å². The molecular formula is C14H19NO5. The van der Waals surface area contributed by atoms with Crippen molar-refractivity contribution >= 4 is 17.8 Å². The normalized spacial score (nSPS) is 30.2. The number of carbonyl (C=O) groups excluding carboxylic acids is 2. The number of fused-ring (bicyclic) bond motifs is 2. The van der Waals surface area contributed by atoms with E-state index in [1.807, 2.05) is 12.2 Å². The number of carbonyl (C=O) groups is 3. The van der Waals surface area contributed by atoms with Crippen LogP contribution >= 0.6 is 0 Å². The molecule has 2 aliphatic carbocycles. The average Bonchev–Trinajstić information content (AvgIpc) is 3.03. The molecule has 110 valence electrons. The van der Waals surface area contributed by atoms with Gasteiger partial charge in [0.25, 0.3) is 0 Å². The lowest BCUT2D eigenvalue weighted by molar-refractivity contribution is -0.147. The highest BCUT2D eigenvalue weighted by Gasteiger charge is 2.51. The van der Waals surface area contributed by atoms with Crippen molar-refractivity contribution in [2.24, 2.45) is 23.7 Å². The number of carboxylic acid groups (broad SMARTS) is 1. The van der Waals surface area contributed by atoms with Crippen LogP contribution in [0.15, 0.2) is 12.2 Å². The van der Waals surface area contributed by atoms with Crippen molar-refractivity contribution in [2.75, 3.05) is 13.7 Å². The Labute approximate surface area is 117 Å². The van der Waals surface area contributed by atoms with E-state index in [-0.39, 0.29) is 30.1 Å². The molecule has 0 radical (unpaired) electrons. The topological polar surface area (TPSA) is 92.7 Å². The van der Waals surface area contributed by atoms with E-state index in [0.717, 1.165) is 6.42 Å². The summed E-state index contributed by atoms with van der Waals surface area (Å²) in [5.41, 5.74) is 0. The van der Waals surface area contributed by atoms with E-state index >= 15 is 0 Å². The molecule has 6 heteroatoms. The molecule has 2 aliphatic rings. The van der Waals surface area contributed by atoms with Crippen LogP contribution in [0.25, 0.3) is 0 Å². The molecule has 4 unspecified atom stereocenters. The van der Waals surface area contributed by atoms with Gasteiger partial charge in [0.2, 0.25) is 5.91 Å². The van der Waals surface area contributed by atoms with Crippen LogP contribution in [0.2, 0.25) is 0 Å². The molecule has 1 fully saturated rings. The highest BCUT2D eigenvalue weighted by atomic mass is 16.5. The first-order chi connectivity index (χ1) is 9.54. The summed E-state index contributed by atoms with van der Waals surface area (Å²) in [5, 5.41) is 12.0. The van der Waals surface area contributed by atoms with Gasteiger partial charge in [-0.1, -0.05) is 12.2 Å². The Bertz CT molecular complexity index is 445. The number of carboxylic acids is 1. The Hall–Kier alpha value is -1.85. The first-order valence-corrected chi connectivity index (χ1v) is 6.80. The van der Waals surface area contributed by atoms with Crippen LogP contribution in [0.1, 0.15) is 19.3 Å².